The number of fused-ring (bicyclic) bond motifs is 1. The molecule has 0 unspecified atom stereocenters. The summed E-state index contributed by atoms with van der Waals surface area (Å²) in [5.41, 5.74) is 0.562. The van der Waals surface area contributed by atoms with Gasteiger partial charge in [-0.3, -0.25) is 0 Å². The Morgan fingerprint density at radius 2 is 2.00 bits per heavy atom. The van der Waals surface area contributed by atoms with Gasteiger partial charge in [-0.25, -0.2) is 4.98 Å². The van der Waals surface area contributed by atoms with Crippen molar-refractivity contribution in [2.45, 2.75) is 25.9 Å². The molecule has 0 saturated carbocycles. The molecule has 3 rings (SSSR count). The van der Waals surface area contributed by atoms with Crippen LogP contribution in [0.3, 0.4) is 0 Å². The van der Waals surface area contributed by atoms with Crippen LogP contribution in [-0.4, -0.2) is 53.1 Å². The Morgan fingerprint density at radius 1 is 1.30 bits per heavy atom. The number of aliphatic hydroxyl groups is 2. The number of anilines is 1. The summed E-state index contributed by atoms with van der Waals surface area (Å²) in [6.07, 6.45) is 0.426. The molecule has 23 heavy (non-hydrogen) atoms. The number of hydrogen-bond acceptors (Lipinski definition) is 7. The van der Waals surface area contributed by atoms with Crippen molar-refractivity contribution >= 4 is 39.0 Å². The van der Waals surface area contributed by atoms with Gasteiger partial charge in [-0.05, 0) is 37.4 Å². The van der Waals surface area contributed by atoms with E-state index >= 15 is 0 Å². The molecular weight excluding hydrogens is 338 g/mol. The SMILES string of the molecule is CC(C)(O)c1sc2c(N3CCOCC3)nc(Cl)nc2c1CCO. The van der Waals surface area contributed by atoms with Crippen molar-refractivity contribution in [2.24, 2.45) is 0 Å². The Balaban J connectivity index is 2.21. The third-order valence-electron chi connectivity index (χ3n) is 3.81. The Labute approximate surface area is 143 Å². The molecule has 0 spiro atoms. The standard InChI is InChI=1S/C15H20ClN3O3S/c1-15(2,21)12-9(3-6-20)10-11(23-12)13(18-14(16)17-10)19-4-7-22-8-5-19/h20-21H,3-8H2,1-2H3. The van der Waals surface area contributed by atoms with E-state index in [1.165, 1.54) is 11.3 Å². The van der Waals surface area contributed by atoms with E-state index in [9.17, 15) is 10.2 Å². The summed E-state index contributed by atoms with van der Waals surface area (Å²) < 4.78 is 6.30. The van der Waals surface area contributed by atoms with Crippen LogP contribution in [0.15, 0.2) is 0 Å². The molecule has 126 valence electrons. The van der Waals surface area contributed by atoms with E-state index in [0.717, 1.165) is 39.6 Å². The van der Waals surface area contributed by atoms with E-state index in [0.29, 0.717) is 19.6 Å². The van der Waals surface area contributed by atoms with Gasteiger partial charge in [0, 0.05) is 24.6 Å². The van der Waals surface area contributed by atoms with Gasteiger partial charge in [0.1, 0.15) is 0 Å². The van der Waals surface area contributed by atoms with Gasteiger partial charge < -0.3 is 19.8 Å². The van der Waals surface area contributed by atoms with Crippen LogP contribution >= 0.6 is 22.9 Å². The summed E-state index contributed by atoms with van der Waals surface area (Å²) in [5.74, 6) is 0.781. The molecule has 2 N–H and O–H groups in total. The van der Waals surface area contributed by atoms with Gasteiger partial charge in [-0.1, -0.05) is 0 Å². The highest BCUT2D eigenvalue weighted by molar-refractivity contribution is 7.20. The molecule has 6 nitrogen and oxygen atoms in total. The van der Waals surface area contributed by atoms with Gasteiger partial charge in [-0.2, -0.15) is 4.98 Å². The van der Waals surface area contributed by atoms with Crippen LogP contribution in [-0.2, 0) is 16.8 Å². The highest BCUT2D eigenvalue weighted by Gasteiger charge is 2.28. The van der Waals surface area contributed by atoms with Crippen molar-refractivity contribution in [1.82, 2.24) is 9.97 Å². The largest absolute Gasteiger partial charge is 0.396 e. The lowest BCUT2D eigenvalue weighted by Crippen LogP contribution is -2.36. The average molecular weight is 358 g/mol. The Morgan fingerprint density at radius 3 is 2.61 bits per heavy atom. The van der Waals surface area contributed by atoms with Gasteiger partial charge >= 0.3 is 0 Å². The Kier molecular flexibility index (Phi) is 4.75. The van der Waals surface area contributed by atoms with Gasteiger partial charge in [0.15, 0.2) is 5.82 Å². The predicted octanol–water partition coefficient (Wildman–Crippen LogP) is 1.94. The molecule has 8 heteroatoms. The number of aliphatic hydroxyl groups excluding tert-OH is 1. The number of ether oxygens (including phenoxy) is 1. The van der Waals surface area contributed by atoms with Crippen molar-refractivity contribution in [3.05, 3.63) is 15.7 Å². The molecule has 0 radical (unpaired) electrons. The molecular formula is C15H20ClN3O3S. The summed E-state index contributed by atoms with van der Waals surface area (Å²) in [7, 11) is 0. The maximum Gasteiger partial charge on any atom is 0.224 e. The third-order valence-corrected chi connectivity index (χ3v) is 5.51. The molecule has 0 bridgehead atoms. The zero-order chi connectivity index (χ0) is 16.6. The monoisotopic (exact) mass is 357 g/mol. The lowest BCUT2D eigenvalue weighted by molar-refractivity contribution is 0.0815. The zero-order valence-corrected chi connectivity index (χ0v) is 14.7. The third kappa shape index (κ3) is 3.29. The van der Waals surface area contributed by atoms with Crippen LogP contribution in [0.2, 0.25) is 5.28 Å². The smallest absolute Gasteiger partial charge is 0.224 e. The highest BCUT2D eigenvalue weighted by Crippen LogP contribution is 2.41. The topological polar surface area (TPSA) is 78.7 Å². The van der Waals surface area contributed by atoms with Crippen LogP contribution in [0, 0.1) is 0 Å². The van der Waals surface area contributed by atoms with Crippen LogP contribution in [0.5, 0.6) is 0 Å². The molecule has 1 aliphatic heterocycles. The minimum absolute atomic E-state index is 0.0105. The van der Waals surface area contributed by atoms with Gasteiger partial charge in [0.05, 0.1) is 29.0 Å². The number of hydrogen-bond donors (Lipinski definition) is 2. The molecule has 0 atom stereocenters. The first-order valence-corrected chi connectivity index (χ1v) is 8.76. The molecule has 2 aromatic rings. The first-order chi connectivity index (χ1) is 10.9. The molecule has 0 aliphatic carbocycles. The lowest BCUT2D eigenvalue weighted by Gasteiger charge is -2.28. The van der Waals surface area contributed by atoms with Crippen molar-refractivity contribution in [3.63, 3.8) is 0 Å². The van der Waals surface area contributed by atoms with Crippen LogP contribution in [0.25, 0.3) is 10.2 Å². The molecule has 2 aromatic heterocycles. The second kappa shape index (κ2) is 6.49. The van der Waals surface area contributed by atoms with E-state index in [1.807, 2.05) is 0 Å². The van der Waals surface area contributed by atoms with E-state index in [1.54, 1.807) is 13.8 Å². The maximum atomic E-state index is 10.5. The van der Waals surface area contributed by atoms with Crippen molar-refractivity contribution in [2.75, 3.05) is 37.8 Å². The normalized spacial score (nSPS) is 16.3. The van der Waals surface area contributed by atoms with E-state index in [2.05, 4.69) is 14.9 Å². The lowest BCUT2D eigenvalue weighted by atomic mass is 10.0. The van der Waals surface area contributed by atoms with Crippen molar-refractivity contribution in [3.8, 4) is 0 Å². The molecule has 1 fully saturated rings. The quantitative estimate of drug-likeness (QED) is 0.814. The van der Waals surface area contributed by atoms with Gasteiger partial charge in [0.25, 0.3) is 0 Å². The van der Waals surface area contributed by atoms with Crippen LogP contribution in [0.4, 0.5) is 5.82 Å². The average Bonchev–Trinajstić information content (AvgIpc) is 2.87. The Bertz CT molecular complexity index is 708. The number of thiophene rings is 1. The molecule has 1 saturated heterocycles. The summed E-state index contributed by atoms with van der Waals surface area (Å²) in [5, 5.41) is 20.1. The fourth-order valence-corrected chi connectivity index (χ4v) is 4.28. The second-order valence-corrected chi connectivity index (χ2v) is 7.39. The van der Waals surface area contributed by atoms with Gasteiger partial charge in [0.2, 0.25) is 5.28 Å². The molecule has 0 amide bonds. The minimum Gasteiger partial charge on any atom is -0.396 e. The number of nitrogens with zero attached hydrogens (tertiary/aromatic N) is 3. The summed E-state index contributed by atoms with van der Waals surface area (Å²) in [6.45, 7) is 6.25. The summed E-state index contributed by atoms with van der Waals surface area (Å²) in [6, 6.07) is 0. The Hall–Kier alpha value is -0.990. The number of morpholine rings is 1. The zero-order valence-electron chi connectivity index (χ0n) is 13.2. The maximum absolute atomic E-state index is 10.5. The van der Waals surface area contributed by atoms with E-state index in [-0.39, 0.29) is 11.9 Å². The first kappa shape index (κ1) is 16.9. The van der Waals surface area contributed by atoms with Crippen LogP contribution in [0.1, 0.15) is 24.3 Å². The molecule has 3 heterocycles. The number of aromatic nitrogens is 2. The summed E-state index contributed by atoms with van der Waals surface area (Å²) in [4.78, 5) is 11.7. The fraction of sp³-hybridized carbons (Fsp3) is 0.600. The molecule has 0 aromatic carbocycles. The first-order valence-electron chi connectivity index (χ1n) is 7.57. The second-order valence-electron chi connectivity index (χ2n) is 6.04. The van der Waals surface area contributed by atoms with E-state index < -0.39 is 5.60 Å². The highest BCUT2D eigenvalue weighted by atomic mass is 35.5. The van der Waals surface area contributed by atoms with Crippen molar-refractivity contribution < 1.29 is 14.9 Å². The van der Waals surface area contributed by atoms with Crippen LogP contribution < -0.4 is 4.90 Å². The summed E-state index contributed by atoms with van der Waals surface area (Å²) >= 11 is 7.61. The predicted molar refractivity (Wildman–Crippen MR) is 91.5 cm³/mol. The number of rotatable bonds is 4. The minimum atomic E-state index is -1.01. The van der Waals surface area contributed by atoms with Crippen molar-refractivity contribution in [1.29, 1.82) is 0 Å². The van der Waals surface area contributed by atoms with Gasteiger partial charge in [-0.15, -0.1) is 11.3 Å². The molecule has 1 aliphatic rings. The van der Waals surface area contributed by atoms with E-state index in [4.69, 9.17) is 16.3 Å². The number of halogens is 1. The fourth-order valence-electron chi connectivity index (χ4n) is 2.81.